The number of allylic oxidation sites excluding steroid dienone is 1. The van der Waals surface area contributed by atoms with Crippen LogP contribution in [0.3, 0.4) is 0 Å². The minimum atomic E-state index is 0.675. The van der Waals surface area contributed by atoms with Crippen molar-refractivity contribution in [1.82, 2.24) is 0 Å². The third-order valence-electron chi connectivity index (χ3n) is 5.41. The highest BCUT2D eigenvalue weighted by molar-refractivity contribution is 4.91. The fourth-order valence-electron chi connectivity index (χ4n) is 3.85. The summed E-state index contributed by atoms with van der Waals surface area (Å²) in [5.41, 5.74) is 0. The topological polar surface area (TPSA) is 0 Å². The van der Waals surface area contributed by atoms with Crippen LogP contribution < -0.4 is 0 Å². The van der Waals surface area contributed by atoms with Gasteiger partial charge in [-0.15, -0.1) is 6.58 Å². The largest absolute Gasteiger partial charge is 0.103 e. The van der Waals surface area contributed by atoms with E-state index in [0.29, 0.717) is 5.92 Å². The van der Waals surface area contributed by atoms with Crippen molar-refractivity contribution < 1.29 is 0 Å². The molecule has 17 heavy (non-hydrogen) atoms. The van der Waals surface area contributed by atoms with Gasteiger partial charge in [0.1, 0.15) is 0 Å². The molecule has 6 atom stereocenters. The summed E-state index contributed by atoms with van der Waals surface area (Å²) in [4.78, 5) is 0. The number of hydrogen-bond acceptors (Lipinski definition) is 0. The molecule has 6 unspecified atom stereocenters. The fourth-order valence-corrected chi connectivity index (χ4v) is 3.85. The molecule has 0 radical (unpaired) electrons. The summed E-state index contributed by atoms with van der Waals surface area (Å²) >= 11 is 0. The first-order valence-corrected chi connectivity index (χ1v) is 7.63. The van der Waals surface area contributed by atoms with Crippen LogP contribution >= 0.6 is 0 Å². The molecule has 0 saturated heterocycles. The Hall–Kier alpha value is -0.260. The van der Waals surface area contributed by atoms with E-state index in [2.05, 4.69) is 47.3 Å². The quantitative estimate of drug-likeness (QED) is 0.531. The van der Waals surface area contributed by atoms with Gasteiger partial charge in [-0.2, -0.15) is 0 Å². The van der Waals surface area contributed by atoms with Crippen molar-refractivity contribution in [3.63, 3.8) is 0 Å². The third-order valence-corrected chi connectivity index (χ3v) is 5.41. The second-order valence-corrected chi connectivity index (χ2v) is 6.60. The molecule has 1 aliphatic rings. The van der Waals surface area contributed by atoms with E-state index < -0.39 is 0 Å². The predicted molar refractivity (Wildman–Crippen MR) is 78.0 cm³/mol. The van der Waals surface area contributed by atoms with Gasteiger partial charge < -0.3 is 0 Å². The first-order valence-electron chi connectivity index (χ1n) is 7.63. The van der Waals surface area contributed by atoms with Crippen LogP contribution in [0.15, 0.2) is 12.7 Å². The van der Waals surface area contributed by atoms with Crippen molar-refractivity contribution in [3.05, 3.63) is 12.7 Å². The highest BCUT2D eigenvalue weighted by atomic mass is 14.4. The van der Waals surface area contributed by atoms with E-state index in [-0.39, 0.29) is 0 Å². The SMILES string of the molecule is C=CC(C)C(C1CCC(C)C1)C(C)C(C)CC. The summed E-state index contributed by atoms with van der Waals surface area (Å²) in [5.74, 6) is 5.11. The molecule has 1 rings (SSSR count). The Morgan fingerprint density at radius 2 is 1.88 bits per heavy atom. The van der Waals surface area contributed by atoms with Crippen LogP contribution in [-0.2, 0) is 0 Å². The molecule has 0 spiro atoms. The molecule has 0 nitrogen and oxygen atoms in total. The smallest absolute Gasteiger partial charge is 0.0231 e. The summed E-state index contributed by atoms with van der Waals surface area (Å²) in [6, 6.07) is 0. The summed E-state index contributed by atoms with van der Waals surface area (Å²) in [5, 5.41) is 0. The maximum absolute atomic E-state index is 4.04. The molecule has 1 aliphatic carbocycles. The Bertz CT molecular complexity index is 228. The molecule has 0 N–H and O–H groups in total. The maximum Gasteiger partial charge on any atom is -0.0231 e. The molecule has 0 heterocycles. The van der Waals surface area contributed by atoms with E-state index in [1.807, 2.05) is 0 Å². The Morgan fingerprint density at radius 3 is 2.29 bits per heavy atom. The average Bonchev–Trinajstić information content (AvgIpc) is 2.74. The van der Waals surface area contributed by atoms with Crippen molar-refractivity contribution in [2.75, 3.05) is 0 Å². The summed E-state index contributed by atoms with van der Waals surface area (Å²) in [6.45, 7) is 16.1. The fraction of sp³-hybridized carbons (Fsp3) is 0.882. The van der Waals surface area contributed by atoms with Crippen molar-refractivity contribution in [3.8, 4) is 0 Å². The van der Waals surface area contributed by atoms with E-state index in [9.17, 15) is 0 Å². The number of rotatable bonds is 6. The first kappa shape index (κ1) is 14.8. The average molecular weight is 236 g/mol. The maximum atomic E-state index is 4.04. The zero-order valence-corrected chi connectivity index (χ0v) is 12.6. The van der Waals surface area contributed by atoms with Gasteiger partial charge in [0, 0.05) is 0 Å². The van der Waals surface area contributed by atoms with Crippen LogP contribution in [0.25, 0.3) is 0 Å². The predicted octanol–water partition coefficient (Wildman–Crippen LogP) is 5.54. The van der Waals surface area contributed by atoms with Gasteiger partial charge in [-0.3, -0.25) is 0 Å². The van der Waals surface area contributed by atoms with Gasteiger partial charge in [0.15, 0.2) is 0 Å². The third kappa shape index (κ3) is 3.60. The van der Waals surface area contributed by atoms with Gasteiger partial charge in [-0.1, -0.05) is 53.5 Å². The second-order valence-electron chi connectivity index (χ2n) is 6.60. The van der Waals surface area contributed by atoms with Crippen LogP contribution in [0.5, 0.6) is 0 Å². The van der Waals surface area contributed by atoms with E-state index >= 15 is 0 Å². The molecular formula is C17H32. The van der Waals surface area contributed by atoms with Crippen LogP contribution in [0.1, 0.15) is 60.3 Å². The molecule has 0 aromatic heterocycles. The Labute approximate surface area is 109 Å². The summed E-state index contributed by atoms with van der Waals surface area (Å²) in [7, 11) is 0. The monoisotopic (exact) mass is 236 g/mol. The molecule has 0 amide bonds. The van der Waals surface area contributed by atoms with Gasteiger partial charge in [0.2, 0.25) is 0 Å². The first-order chi connectivity index (χ1) is 8.01. The lowest BCUT2D eigenvalue weighted by atomic mass is 9.69. The van der Waals surface area contributed by atoms with Gasteiger partial charge >= 0.3 is 0 Å². The molecule has 100 valence electrons. The van der Waals surface area contributed by atoms with Crippen LogP contribution in [-0.4, -0.2) is 0 Å². The zero-order valence-electron chi connectivity index (χ0n) is 12.6. The minimum absolute atomic E-state index is 0.675. The molecule has 1 fully saturated rings. The lowest BCUT2D eigenvalue weighted by Gasteiger charge is -2.36. The van der Waals surface area contributed by atoms with Gasteiger partial charge in [0.05, 0.1) is 0 Å². The van der Waals surface area contributed by atoms with E-state index in [1.54, 1.807) is 0 Å². The molecule has 0 aromatic carbocycles. The van der Waals surface area contributed by atoms with E-state index in [4.69, 9.17) is 0 Å². The van der Waals surface area contributed by atoms with Crippen molar-refractivity contribution in [2.24, 2.45) is 35.5 Å². The van der Waals surface area contributed by atoms with E-state index in [1.165, 1.54) is 25.7 Å². The van der Waals surface area contributed by atoms with Crippen molar-refractivity contribution >= 4 is 0 Å². The van der Waals surface area contributed by atoms with Crippen molar-refractivity contribution in [1.29, 1.82) is 0 Å². The summed E-state index contributed by atoms with van der Waals surface area (Å²) in [6.07, 6.45) is 7.84. The molecular weight excluding hydrogens is 204 g/mol. The second kappa shape index (κ2) is 6.61. The Balaban J connectivity index is 2.76. The van der Waals surface area contributed by atoms with Crippen LogP contribution in [0, 0.1) is 35.5 Å². The highest BCUT2D eigenvalue weighted by Gasteiger charge is 2.35. The standard InChI is InChI=1S/C17H32/c1-7-13(4)15(6)17(14(5)8-2)16-10-9-12(3)11-16/h8,12-17H,2,7,9-11H2,1,3-6H3. The minimum Gasteiger partial charge on any atom is -0.103 e. The van der Waals surface area contributed by atoms with Crippen LogP contribution in [0.4, 0.5) is 0 Å². The van der Waals surface area contributed by atoms with Crippen molar-refractivity contribution in [2.45, 2.75) is 60.3 Å². The lowest BCUT2D eigenvalue weighted by Crippen LogP contribution is -2.29. The Kier molecular flexibility index (Phi) is 5.76. The summed E-state index contributed by atoms with van der Waals surface area (Å²) < 4.78 is 0. The van der Waals surface area contributed by atoms with Gasteiger partial charge in [-0.25, -0.2) is 0 Å². The zero-order chi connectivity index (χ0) is 13.0. The lowest BCUT2D eigenvalue weighted by molar-refractivity contribution is 0.142. The Morgan fingerprint density at radius 1 is 1.24 bits per heavy atom. The molecule has 1 saturated carbocycles. The molecule has 0 aromatic rings. The molecule has 0 aliphatic heterocycles. The van der Waals surface area contributed by atoms with E-state index in [0.717, 1.165) is 29.6 Å². The highest BCUT2D eigenvalue weighted by Crippen LogP contribution is 2.44. The number of hydrogen-bond donors (Lipinski definition) is 0. The molecule has 0 bridgehead atoms. The molecule has 0 heteroatoms. The van der Waals surface area contributed by atoms with Crippen LogP contribution in [0.2, 0.25) is 0 Å². The van der Waals surface area contributed by atoms with Gasteiger partial charge in [0.25, 0.3) is 0 Å². The van der Waals surface area contributed by atoms with Gasteiger partial charge in [-0.05, 0) is 48.3 Å². The normalized spacial score (nSPS) is 31.8.